The molecule has 1 unspecified atom stereocenters. The van der Waals surface area contributed by atoms with Gasteiger partial charge in [-0.2, -0.15) is 0 Å². The van der Waals surface area contributed by atoms with E-state index in [-0.39, 0.29) is 6.04 Å². The van der Waals surface area contributed by atoms with Crippen molar-refractivity contribution in [2.75, 3.05) is 5.32 Å². The topological polar surface area (TPSA) is 37.5 Å². The lowest BCUT2D eigenvalue weighted by molar-refractivity contribution is 0.668. The minimum atomic E-state index is -0.172. The van der Waals surface area contributed by atoms with Gasteiger partial charge in [0.15, 0.2) is 0 Å². The number of hydrogen-bond donors (Lipinski definition) is 1. The number of benzene rings is 7. The van der Waals surface area contributed by atoms with Gasteiger partial charge in [0.05, 0.1) is 23.1 Å². The first-order valence-corrected chi connectivity index (χ1v) is 14.7. The van der Waals surface area contributed by atoms with Crippen molar-refractivity contribution in [1.82, 2.24) is 0 Å². The van der Waals surface area contributed by atoms with Crippen LogP contribution in [-0.2, 0) is 0 Å². The van der Waals surface area contributed by atoms with E-state index in [1.165, 1.54) is 32.7 Å². The fourth-order valence-corrected chi connectivity index (χ4v) is 6.61. The molecule has 3 nitrogen and oxygen atoms in total. The Balaban J connectivity index is 1.22. The van der Waals surface area contributed by atoms with Crippen LogP contribution in [0, 0.1) is 0 Å². The van der Waals surface area contributed by atoms with Crippen molar-refractivity contribution >= 4 is 60.6 Å². The third-order valence-corrected chi connectivity index (χ3v) is 8.72. The van der Waals surface area contributed by atoms with Gasteiger partial charge < -0.3 is 9.73 Å². The highest BCUT2D eigenvalue weighted by Crippen LogP contribution is 2.44. The van der Waals surface area contributed by atoms with E-state index in [9.17, 15) is 0 Å². The van der Waals surface area contributed by atoms with Crippen LogP contribution >= 0.6 is 0 Å². The van der Waals surface area contributed by atoms with Crippen LogP contribution in [0.2, 0.25) is 0 Å². The van der Waals surface area contributed by atoms with Crippen molar-refractivity contribution < 1.29 is 4.42 Å². The van der Waals surface area contributed by atoms with Crippen LogP contribution in [0.1, 0.15) is 17.2 Å². The van der Waals surface area contributed by atoms with Crippen LogP contribution in [0.25, 0.3) is 54.6 Å². The second kappa shape index (κ2) is 9.43. The molecule has 1 atom stereocenters. The van der Waals surface area contributed by atoms with E-state index in [0.717, 1.165) is 50.2 Å². The zero-order valence-electron chi connectivity index (χ0n) is 23.3. The lowest BCUT2D eigenvalue weighted by Gasteiger charge is -2.29. The molecule has 7 aromatic carbocycles. The number of rotatable bonds is 3. The summed E-state index contributed by atoms with van der Waals surface area (Å²) in [6, 6.07) is 51.2. The van der Waals surface area contributed by atoms with E-state index in [1.807, 2.05) is 12.1 Å². The normalized spacial score (nSPS) is 14.6. The van der Waals surface area contributed by atoms with Crippen LogP contribution in [0.3, 0.4) is 0 Å². The molecule has 2 heterocycles. The summed E-state index contributed by atoms with van der Waals surface area (Å²) >= 11 is 0. The molecule has 202 valence electrons. The quantitative estimate of drug-likeness (QED) is 0.238. The molecule has 0 amide bonds. The Hall–Kier alpha value is -5.67. The van der Waals surface area contributed by atoms with Crippen LogP contribution in [0.4, 0.5) is 11.4 Å². The molecule has 1 aliphatic heterocycles. The monoisotopic (exact) mass is 550 g/mol. The maximum atomic E-state index is 6.29. The van der Waals surface area contributed by atoms with E-state index in [0.29, 0.717) is 0 Å². The van der Waals surface area contributed by atoms with Crippen molar-refractivity contribution in [2.45, 2.75) is 6.04 Å². The minimum absolute atomic E-state index is 0.172. The molecule has 0 spiro atoms. The first kappa shape index (κ1) is 24.0. The van der Waals surface area contributed by atoms with Crippen LogP contribution in [0.15, 0.2) is 155 Å². The molecule has 0 bridgehead atoms. The number of aliphatic imine (C=N–C) groups is 1. The molecule has 0 fully saturated rings. The maximum Gasteiger partial charge on any atom is 0.135 e. The number of nitrogens with one attached hydrogen (secondary N) is 1. The van der Waals surface area contributed by atoms with Crippen molar-refractivity contribution in [3.8, 4) is 11.1 Å². The molecule has 1 aromatic heterocycles. The number of furan rings is 1. The summed E-state index contributed by atoms with van der Waals surface area (Å²) in [7, 11) is 0. The first-order valence-electron chi connectivity index (χ1n) is 14.7. The Kier molecular flexibility index (Phi) is 5.26. The molecule has 1 N–H and O–H groups in total. The van der Waals surface area contributed by atoms with Crippen LogP contribution in [0.5, 0.6) is 0 Å². The molecule has 0 saturated carbocycles. The lowest BCUT2D eigenvalue weighted by Crippen LogP contribution is -2.25. The molecule has 8 aromatic rings. The van der Waals surface area contributed by atoms with Gasteiger partial charge >= 0.3 is 0 Å². The highest BCUT2D eigenvalue weighted by Gasteiger charge is 2.29. The SMILES string of the molecule is c1ccc2cc(-c3ccc(C4=Nc5ccc6ccccc6c5NC4c4cccc5oc6ccccc6c45)cc3)ccc2c1. The van der Waals surface area contributed by atoms with E-state index in [1.54, 1.807) is 0 Å². The summed E-state index contributed by atoms with van der Waals surface area (Å²) < 4.78 is 6.29. The largest absolute Gasteiger partial charge is 0.456 e. The van der Waals surface area contributed by atoms with Crippen molar-refractivity contribution in [3.05, 3.63) is 157 Å². The standard InChI is InChI=1S/C40H26N2O/c1-2-10-29-24-30(21-18-25(29)8-1)26-16-19-28(20-17-26)38-40(42-39-31-11-4-3-9-27(31)22-23-34(39)41-38)33-13-7-15-36-37(33)32-12-5-6-14-35(32)43-36/h1-24,40,42H. The second-order valence-electron chi connectivity index (χ2n) is 11.2. The molecular weight excluding hydrogens is 524 g/mol. The van der Waals surface area contributed by atoms with Crippen LogP contribution in [-0.4, -0.2) is 5.71 Å². The number of para-hydroxylation sites is 1. The van der Waals surface area contributed by atoms with Crippen molar-refractivity contribution in [1.29, 1.82) is 0 Å². The summed E-state index contributed by atoms with van der Waals surface area (Å²) in [6.45, 7) is 0. The van der Waals surface area contributed by atoms with E-state index in [2.05, 4.69) is 139 Å². The van der Waals surface area contributed by atoms with Gasteiger partial charge in [-0.25, -0.2) is 4.99 Å². The number of fused-ring (bicyclic) bond motifs is 7. The van der Waals surface area contributed by atoms with Gasteiger partial charge in [0, 0.05) is 16.2 Å². The molecule has 3 heteroatoms. The average molecular weight is 551 g/mol. The number of hydrogen-bond acceptors (Lipinski definition) is 3. The average Bonchev–Trinajstić information content (AvgIpc) is 3.46. The fourth-order valence-electron chi connectivity index (χ4n) is 6.61. The third-order valence-electron chi connectivity index (χ3n) is 8.72. The fraction of sp³-hybridized carbons (Fsp3) is 0.0250. The zero-order valence-corrected chi connectivity index (χ0v) is 23.3. The Bertz CT molecular complexity index is 2380. The van der Waals surface area contributed by atoms with Gasteiger partial charge in [0.2, 0.25) is 0 Å². The molecule has 43 heavy (non-hydrogen) atoms. The highest BCUT2D eigenvalue weighted by atomic mass is 16.3. The first-order chi connectivity index (χ1) is 21.3. The molecule has 0 radical (unpaired) electrons. The smallest absolute Gasteiger partial charge is 0.135 e. The Morgan fingerprint density at radius 1 is 0.512 bits per heavy atom. The summed E-state index contributed by atoms with van der Waals surface area (Å²) in [5.41, 5.74) is 9.41. The molecule has 0 saturated heterocycles. The molecule has 1 aliphatic rings. The third kappa shape index (κ3) is 3.86. The Morgan fingerprint density at radius 2 is 1.19 bits per heavy atom. The van der Waals surface area contributed by atoms with Gasteiger partial charge in [-0.3, -0.25) is 0 Å². The van der Waals surface area contributed by atoms with Crippen LogP contribution < -0.4 is 5.32 Å². The Labute approximate surface area is 248 Å². The molecule has 9 rings (SSSR count). The zero-order chi connectivity index (χ0) is 28.3. The summed E-state index contributed by atoms with van der Waals surface area (Å²) in [4.78, 5) is 5.36. The highest BCUT2D eigenvalue weighted by molar-refractivity contribution is 6.16. The summed E-state index contributed by atoms with van der Waals surface area (Å²) in [5.74, 6) is 0. The lowest BCUT2D eigenvalue weighted by atomic mass is 9.90. The van der Waals surface area contributed by atoms with E-state index < -0.39 is 0 Å². The van der Waals surface area contributed by atoms with Gasteiger partial charge in [-0.05, 0) is 62.7 Å². The maximum absolute atomic E-state index is 6.29. The number of anilines is 1. The molecule has 0 aliphatic carbocycles. The van der Waals surface area contributed by atoms with Gasteiger partial charge in [-0.15, -0.1) is 0 Å². The predicted octanol–water partition coefficient (Wildman–Crippen LogP) is 10.8. The Morgan fingerprint density at radius 3 is 2.07 bits per heavy atom. The van der Waals surface area contributed by atoms with Gasteiger partial charge in [-0.1, -0.05) is 121 Å². The second-order valence-corrected chi connectivity index (χ2v) is 11.2. The summed E-state index contributed by atoms with van der Waals surface area (Å²) in [5, 5.41) is 11.0. The summed E-state index contributed by atoms with van der Waals surface area (Å²) in [6.07, 6.45) is 0. The van der Waals surface area contributed by atoms with Crippen molar-refractivity contribution in [2.24, 2.45) is 4.99 Å². The van der Waals surface area contributed by atoms with E-state index in [4.69, 9.17) is 9.41 Å². The predicted molar refractivity (Wildman–Crippen MR) is 180 cm³/mol. The van der Waals surface area contributed by atoms with Gasteiger partial charge in [0.25, 0.3) is 0 Å². The van der Waals surface area contributed by atoms with E-state index >= 15 is 0 Å². The molecular formula is C40H26N2O. The van der Waals surface area contributed by atoms with Gasteiger partial charge in [0.1, 0.15) is 11.2 Å². The number of nitrogens with zero attached hydrogens (tertiary/aromatic N) is 1. The minimum Gasteiger partial charge on any atom is -0.456 e. The van der Waals surface area contributed by atoms with Crippen molar-refractivity contribution in [3.63, 3.8) is 0 Å².